The lowest BCUT2D eigenvalue weighted by molar-refractivity contribution is 0.150. The van der Waals surface area contributed by atoms with Gasteiger partial charge in [0.1, 0.15) is 0 Å². The molecule has 3 heteroatoms. The first-order valence-electron chi connectivity index (χ1n) is 7.19. The Hall–Kier alpha value is 0.660. The van der Waals surface area contributed by atoms with Crippen molar-refractivity contribution in [3.05, 3.63) is 20.3 Å². The Kier molecular flexibility index (Phi) is 5.23. The highest BCUT2D eigenvalue weighted by Gasteiger charge is 2.33. The maximum Gasteiger partial charge on any atom is 0.0528 e. The minimum Gasteiger partial charge on any atom is -0.143 e. The normalized spacial score (nSPS) is 26.4. The second-order valence-corrected chi connectivity index (χ2v) is 10.1. The fourth-order valence-electron chi connectivity index (χ4n) is 3.18. The third-order valence-electron chi connectivity index (χ3n) is 4.50. The van der Waals surface area contributed by atoms with Crippen LogP contribution in [0.2, 0.25) is 0 Å². The summed E-state index contributed by atoms with van der Waals surface area (Å²) in [7, 11) is 0. The van der Waals surface area contributed by atoms with Crippen LogP contribution in [0.3, 0.4) is 0 Å². The van der Waals surface area contributed by atoms with Crippen LogP contribution in [-0.2, 0) is 0 Å². The quantitative estimate of drug-likeness (QED) is 0.458. The predicted molar refractivity (Wildman–Crippen MR) is 93.3 cm³/mol. The van der Waals surface area contributed by atoms with Gasteiger partial charge in [-0.3, -0.25) is 0 Å². The molecule has 0 N–H and O–H groups in total. The van der Waals surface area contributed by atoms with Crippen LogP contribution in [0.15, 0.2) is 10.5 Å². The van der Waals surface area contributed by atoms with Crippen molar-refractivity contribution in [3.8, 4) is 0 Å². The predicted octanol–water partition coefficient (Wildman–Crippen LogP) is 7.11. The number of alkyl halides is 1. The summed E-state index contributed by atoms with van der Waals surface area (Å²) < 4.78 is 1.29. The van der Waals surface area contributed by atoms with Crippen LogP contribution in [0.5, 0.6) is 0 Å². The molecule has 0 aliphatic heterocycles. The molecule has 2 rings (SSSR count). The average molecular weight is 408 g/mol. The molecule has 0 bridgehead atoms. The van der Waals surface area contributed by atoms with Crippen LogP contribution >= 0.6 is 43.2 Å². The molecule has 19 heavy (non-hydrogen) atoms. The Labute approximate surface area is 138 Å². The van der Waals surface area contributed by atoms with Gasteiger partial charge in [0.25, 0.3) is 0 Å². The third kappa shape index (κ3) is 3.85. The van der Waals surface area contributed by atoms with Gasteiger partial charge in [-0.1, -0.05) is 36.7 Å². The summed E-state index contributed by atoms with van der Waals surface area (Å²) in [6.07, 6.45) is 5.50. The van der Waals surface area contributed by atoms with Crippen LogP contribution in [0, 0.1) is 24.2 Å². The van der Waals surface area contributed by atoms with Gasteiger partial charge in [0, 0.05) is 14.2 Å². The van der Waals surface area contributed by atoms with E-state index in [-0.39, 0.29) is 0 Å². The lowest BCUT2D eigenvalue weighted by Gasteiger charge is -2.38. The Morgan fingerprint density at radius 3 is 2.21 bits per heavy atom. The molecule has 1 fully saturated rings. The van der Waals surface area contributed by atoms with Gasteiger partial charge in [0.15, 0.2) is 0 Å². The van der Waals surface area contributed by atoms with Crippen molar-refractivity contribution in [1.82, 2.24) is 0 Å². The summed E-state index contributed by atoms with van der Waals surface area (Å²) in [4.78, 5) is 3.41. The monoisotopic (exact) mass is 406 g/mol. The number of hydrogen-bond donors (Lipinski definition) is 0. The van der Waals surface area contributed by atoms with Crippen LogP contribution in [0.4, 0.5) is 0 Å². The first-order valence-corrected chi connectivity index (χ1v) is 9.71. The van der Waals surface area contributed by atoms with E-state index in [9.17, 15) is 0 Å². The van der Waals surface area contributed by atoms with Crippen LogP contribution in [0.25, 0.3) is 0 Å². The molecule has 1 aromatic rings. The van der Waals surface area contributed by atoms with Crippen molar-refractivity contribution in [2.45, 2.75) is 58.2 Å². The maximum absolute atomic E-state index is 3.96. The molecule has 0 spiro atoms. The Morgan fingerprint density at radius 2 is 1.79 bits per heavy atom. The number of hydrogen-bond acceptors (Lipinski definition) is 1. The van der Waals surface area contributed by atoms with Crippen LogP contribution in [-0.4, -0.2) is 0 Å². The van der Waals surface area contributed by atoms with Gasteiger partial charge in [-0.05, 0) is 71.9 Å². The van der Waals surface area contributed by atoms with Gasteiger partial charge in [-0.25, -0.2) is 0 Å². The molecule has 1 aromatic heterocycles. The molecule has 108 valence electrons. The molecule has 0 nitrogen and oxygen atoms in total. The van der Waals surface area contributed by atoms with Crippen molar-refractivity contribution in [3.63, 3.8) is 0 Å². The van der Waals surface area contributed by atoms with Crippen molar-refractivity contribution in [2.75, 3.05) is 0 Å². The van der Waals surface area contributed by atoms with E-state index in [2.05, 4.69) is 65.6 Å². The largest absolute Gasteiger partial charge is 0.143 e. The second-order valence-electron chi connectivity index (χ2n) is 6.95. The highest BCUT2D eigenvalue weighted by atomic mass is 79.9. The molecule has 1 saturated carbocycles. The standard InChI is InChI=1S/C16H24Br2S/c1-10-9-13(17)15(19-10)14(18)11-5-7-12(8-6-11)16(2,3)4/h9,11-12,14H,5-8H2,1-4H3. The van der Waals surface area contributed by atoms with Crippen molar-refractivity contribution in [2.24, 2.45) is 17.3 Å². The SMILES string of the molecule is Cc1cc(Br)c(C(Br)C2CCC(C(C)(C)C)CC2)s1. The van der Waals surface area contributed by atoms with E-state index in [4.69, 9.17) is 0 Å². The smallest absolute Gasteiger partial charge is 0.0528 e. The molecule has 1 aliphatic rings. The molecular weight excluding hydrogens is 384 g/mol. The second kappa shape index (κ2) is 6.19. The van der Waals surface area contributed by atoms with E-state index in [1.807, 2.05) is 11.3 Å². The molecule has 1 unspecified atom stereocenters. The summed E-state index contributed by atoms with van der Waals surface area (Å²) in [5.74, 6) is 1.70. The molecule has 0 aromatic carbocycles. The number of thiophene rings is 1. The van der Waals surface area contributed by atoms with Gasteiger partial charge >= 0.3 is 0 Å². The van der Waals surface area contributed by atoms with Gasteiger partial charge in [-0.2, -0.15) is 0 Å². The highest BCUT2D eigenvalue weighted by molar-refractivity contribution is 9.11. The van der Waals surface area contributed by atoms with Gasteiger partial charge in [0.2, 0.25) is 0 Å². The molecule has 0 radical (unpaired) electrons. The summed E-state index contributed by atoms with van der Waals surface area (Å²) in [6.45, 7) is 9.36. The van der Waals surface area contributed by atoms with Crippen LogP contribution < -0.4 is 0 Å². The minimum absolute atomic E-state index is 0.479. The number of aryl methyl sites for hydroxylation is 1. The fourth-order valence-corrected chi connectivity index (χ4v) is 6.51. The van der Waals surface area contributed by atoms with Crippen LogP contribution in [0.1, 0.15) is 61.0 Å². The zero-order chi connectivity index (χ0) is 14.2. The first kappa shape index (κ1) is 16.0. The number of rotatable bonds is 2. The van der Waals surface area contributed by atoms with E-state index >= 15 is 0 Å². The first-order chi connectivity index (χ1) is 8.79. The summed E-state index contributed by atoms with van der Waals surface area (Å²) in [5.41, 5.74) is 0.479. The topological polar surface area (TPSA) is 0 Å². The Balaban J connectivity index is 2.00. The lowest BCUT2D eigenvalue weighted by atomic mass is 9.69. The Bertz CT molecular complexity index is 422. The van der Waals surface area contributed by atoms with E-state index in [1.165, 1.54) is 39.9 Å². The molecule has 1 aliphatic carbocycles. The Morgan fingerprint density at radius 1 is 1.21 bits per heavy atom. The molecule has 1 heterocycles. The van der Waals surface area contributed by atoms with Gasteiger partial charge in [0.05, 0.1) is 4.83 Å². The van der Waals surface area contributed by atoms with E-state index < -0.39 is 0 Å². The molecule has 1 atom stereocenters. The fraction of sp³-hybridized carbons (Fsp3) is 0.750. The zero-order valence-corrected chi connectivity index (χ0v) is 16.3. The molecular formula is C16H24Br2S. The zero-order valence-electron chi connectivity index (χ0n) is 12.3. The van der Waals surface area contributed by atoms with E-state index in [1.54, 1.807) is 0 Å². The number of halogens is 2. The van der Waals surface area contributed by atoms with Crippen molar-refractivity contribution < 1.29 is 0 Å². The van der Waals surface area contributed by atoms with Crippen molar-refractivity contribution >= 4 is 43.2 Å². The summed E-state index contributed by atoms with van der Waals surface area (Å²) >= 11 is 9.60. The lowest BCUT2D eigenvalue weighted by Crippen LogP contribution is -2.27. The minimum atomic E-state index is 0.479. The highest BCUT2D eigenvalue weighted by Crippen LogP contribution is 2.48. The third-order valence-corrected chi connectivity index (χ3v) is 8.06. The maximum atomic E-state index is 3.96. The van der Waals surface area contributed by atoms with E-state index in [0.717, 1.165) is 11.8 Å². The summed E-state index contributed by atoms with van der Waals surface area (Å²) in [5, 5.41) is 0. The van der Waals surface area contributed by atoms with E-state index in [0.29, 0.717) is 10.2 Å². The van der Waals surface area contributed by atoms with Crippen molar-refractivity contribution in [1.29, 1.82) is 0 Å². The average Bonchev–Trinajstić information content (AvgIpc) is 2.66. The molecule has 0 saturated heterocycles. The molecule has 0 amide bonds. The summed E-state index contributed by atoms with van der Waals surface area (Å²) in [6, 6.07) is 2.25. The van der Waals surface area contributed by atoms with Gasteiger partial charge < -0.3 is 0 Å². The van der Waals surface area contributed by atoms with Gasteiger partial charge in [-0.15, -0.1) is 11.3 Å².